The lowest BCUT2D eigenvalue weighted by Gasteiger charge is -2.12. The summed E-state index contributed by atoms with van der Waals surface area (Å²) in [7, 11) is 1.85. The van der Waals surface area contributed by atoms with Crippen LogP contribution in [0.4, 0.5) is 5.69 Å². The normalized spacial score (nSPS) is 10.3. The Labute approximate surface area is 105 Å². The van der Waals surface area contributed by atoms with Gasteiger partial charge in [0.15, 0.2) is 0 Å². The predicted octanol–water partition coefficient (Wildman–Crippen LogP) is 2.04. The summed E-state index contributed by atoms with van der Waals surface area (Å²) in [6, 6.07) is 7.12. The Morgan fingerprint density at radius 1 is 1.44 bits per heavy atom. The molecule has 0 spiro atoms. The molecule has 0 radical (unpaired) electrons. The van der Waals surface area contributed by atoms with Crippen LogP contribution in [0.2, 0.25) is 0 Å². The van der Waals surface area contributed by atoms with Crippen LogP contribution in [-0.2, 0) is 13.6 Å². The number of hydrogen-bond acceptors (Lipinski definition) is 3. The van der Waals surface area contributed by atoms with Gasteiger partial charge in [-0.25, -0.2) is 4.79 Å². The van der Waals surface area contributed by atoms with Gasteiger partial charge in [-0.15, -0.1) is 0 Å². The molecule has 0 saturated heterocycles. The number of aryl methyl sites for hydroxylation is 2. The van der Waals surface area contributed by atoms with Gasteiger partial charge >= 0.3 is 5.97 Å². The van der Waals surface area contributed by atoms with Crippen molar-refractivity contribution in [1.82, 2.24) is 9.78 Å². The number of benzene rings is 1. The van der Waals surface area contributed by atoms with Gasteiger partial charge in [0.2, 0.25) is 0 Å². The first-order chi connectivity index (χ1) is 8.59. The Hall–Kier alpha value is -2.30. The van der Waals surface area contributed by atoms with E-state index < -0.39 is 5.97 Å². The number of rotatable bonds is 4. The Morgan fingerprint density at radius 2 is 2.22 bits per heavy atom. The Bertz CT molecular complexity index is 575. The van der Waals surface area contributed by atoms with Crippen molar-refractivity contribution in [3.05, 3.63) is 47.3 Å². The minimum atomic E-state index is -0.925. The molecule has 0 aliphatic carbocycles. The van der Waals surface area contributed by atoms with E-state index in [2.05, 4.69) is 10.4 Å². The third-order valence-electron chi connectivity index (χ3n) is 2.87. The van der Waals surface area contributed by atoms with Crippen LogP contribution >= 0.6 is 0 Å². The van der Waals surface area contributed by atoms with Crippen molar-refractivity contribution in [2.75, 3.05) is 5.32 Å². The summed E-state index contributed by atoms with van der Waals surface area (Å²) in [6.07, 6.45) is 1.72. The number of nitrogens with zero attached hydrogens (tertiary/aromatic N) is 2. The van der Waals surface area contributed by atoms with Crippen LogP contribution in [0.25, 0.3) is 0 Å². The fourth-order valence-corrected chi connectivity index (χ4v) is 1.83. The molecule has 5 heteroatoms. The highest BCUT2D eigenvalue weighted by Gasteiger charge is 2.11. The second kappa shape index (κ2) is 4.91. The number of aromatic carboxylic acids is 1. The minimum Gasteiger partial charge on any atom is -0.478 e. The van der Waals surface area contributed by atoms with Crippen molar-refractivity contribution in [3.8, 4) is 0 Å². The molecular weight excluding hydrogens is 230 g/mol. The van der Waals surface area contributed by atoms with Crippen LogP contribution in [0.3, 0.4) is 0 Å². The first-order valence-electron chi connectivity index (χ1n) is 5.63. The van der Waals surface area contributed by atoms with E-state index in [0.717, 1.165) is 11.3 Å². The molecule has 1 aromatic carbocycles. The van der Waals surface area contributed by atoms with Crippen molar-refractivity contribution in [3.63, 3.8) is 0 Å². The van der Waals surface area contributed by atoms with Gasteiger partial charge in [0, 0.05) is 13.2 Å². The molecule has 5 nitrogen and oxygen atoms in total. The highest BCUT2D eigenvalue weighted by atomic mass is 16.4. The summed E-state index contributed by atoms with van der Waals surface area (Å²) >= 11 is 0. The molecular formula is C13H15N3O2. The van der Waals surface area contributed by atoms with Gasteiger partial charge in [-0.05, 0) is 24.6 Å². The lowest BCUT2D eigenvalue weighted by atomic mass is 10.1. The second-order valence-corrected chi connectivity index (χ2v) is 4.10. The number of carbonyl (C=O) groups is 1. The van der Waals surface area contributed by atoms with Crippen LogP contribution in [0.15, 0.2) is 30.5 Å². The van der Waals surface area contributed by atoms with Crippen LogP contribution in [0.1, 0.15) is 21.6 Å². The standard InChI is InChI=1S/C13H15N3O2/c1-9-4-3-5-11(13(17)18)12(9)14-8-10-6-7-15-16(10)2/h3-7,14H,8H2,1-2H3,(H,17,18). The molecule has 0 atom stereocenters. The molecule has 0 aliphatic heterocycles. The summed E-state index contributed by atoms with van der Waals surface area (Å²) < 4.78 is 1.76. The Balaban J connectivity index is 2.24. The number of carboxylic acids is 1. The first-order valence-corrected chi connectivity index (χ1v) is 5.63. The fourth-order valence-electron chi connectivity index (χ4n) is 1.83. The van der Waals surface area contributed by atoms with E-state index in [1.54, 1.807) is 23.0 Å². The van der Waals surface area contributed by atoms with Crippen molar-refractivity contribution in [1.29, 1.82) is 0 Å². The molecule has 1 aromatic heterocycles. The summed E-state index contributed by atoms with van der Waals surface area (Å²) in [5.74, 6) is -0.925. The zero-order chi connectivity index (χ0) is 13.1. The Morgan fingerprint density at radius 3 is 2.83 bits per heavy atom. The highest BCUT2D eigenvalue weighted by Crippen LogP contribution is 2.21. The van der Waals surface area contributed by atoms with E-state index in [1.807, 2.05) is 26.1 Å². The summed E-state index contributed by atoms with van der Waals surface area (Å²) in [5, 5.41) is 16.4. The van der Waals surface area contributed by atoms with Gasteiger partial charge in [0.25, 0.3) is 0 Å². The average molecular weight is 245 g/mol. The molecule has 0 amide bonds. The van der Waals surface area contributed by atoms with Crippen molar-refractivity contribution < 1.29 is 9.90 Å². The number of anilines is 1. The Kier molecular flexibility index (Phi) is 3.32. The lowest BCUT2D eigenvalue weighted by Crippen LogP contribution is -2.10. The van der Waals surface area contributed by atoms with E-state index in [4.69, 9.17) is 5.11 Å². The van der Waals surface area contributed by atoms with E-state index in [-0.39, 0.29) is 5.56 Å². The molecule has 2 aromatic rings. The van der Waals surface area contributed by atoms with Crippen molar-refractivity contribution >= 4 is 11.7 Å². The zero-order valence-electron chi connectivity index (χ0n) is 10.3. The van der Waals surface area contributed by atoms with Gasteiger partial charge in [-0.2, -0.15) is 5.10 Å². The molecule has 0 fully saturated rings. The van der Waals surface area contributed by atoms with E-state index in [0.29, 0.717) is 12.2 Å². The number of aromatic nitrogens is 2. The maximum Gasteiger partial charge on any atom is 0.337 e. The zero-order valence-corrected chi connectivity index (χ0v) is 10.3. The minimum absolute atomic E-state index is 0.289. The highest BCUT2D eigenvalue weighted by molar-refractivity contribution is 5.95. The average Bonchev–Trinajstić information content (AvgIpc) is 2.73. The fraction of sp³-hybridized carbons (Fsp3) is 0.231. The quantitative estimate of drug-likeness (QED) is 0.865. The monoisotopic (exact) mass is 245 g/mol. The molecule has 1 heterocycles. The van der Waals surface area contributed by atoms with Crippen LogP contribution in [0, 0.1) is 6.92 Å². The molecule has 18 heavy (non-hydrogen) atoms. The maximum absolute atomic E-state index is 11.1. The van der Waals surface area contributed by atoms with Crippen molar-refractivity contribution in [2.24, 2.45) is 7.05 Å². The molecule has 94 valence electrons. The molecule has 0 bridgehead atoms. The molecule has 0 aliphatic rings. The topological polar surface area (TPSA) is 67.2 Å². The van der Waals surface area contributed by atoms with Gasteiger partial charge in [0.05, 0.1) is 23.5 Å². The van der Waals surface area contributed by atoms with Crippen molar-refractivity contribution in [2.45, 2.75) is 13.5 Å². The third kappa shape index (κ3) is 2.34. The predicted molar refractivity (Wildman–Crippen MR) is 68.7 cm³/mol. The summed E-state index contributed by atoms with van der Waals surface area (Å²) in [5.41, 5.74) is 2.86. The largest absolute Gasteiger partial charge is 0.478 e. The molecule has 2 N–H and O–H groups in total. The van der Waals surface area contributed by atoms with E-state index >= 15 is 0 Å². The number of nitrogens with one attached hydrogen (secondary N) is 1. The van der Waals surface area contributed by atoms with Crippen LogP contribution in [-0.4, -0.2) is 20.9 Å². The summed E-state index contributed by atoms with van der Waals surface area (Å²) in [4.78, 5) is 11.1. The van der Waals surface area contributed by atoms with Crippen LogP contribution < -0.4 is 5.32 Å². The molecule has 0 saturated carbocycles. The number of carboxylic acid groups (broad SMARTS) is 1. The van der Waals surface area contributed by atoms with Crippen LogP contribution in [0.5, 0.6) is 0 Å². The van der Waals surface area contributed by atoms with Gasteiger partial charge in [0.1, 0.15) is 0 Å². The molecule has 0 unspecified atom stereocenters. The maximum atomic E-state index is 11.1. The SMILES string of the molecule is Cc1cccc(C(=O)O)c1NCc1ccnn1C. The number of hydrogen-bond donors (Lipinski definition) is 2. The van der Waals surface area contributed by atoms with Gasteiger partial charge in [-0.3, -0.25) is 4.68 Å². The van der Waals surface area contributed by atoms with Gasteiger partial charge in [-0.1, -0.05) is 12.1 Å². The smallest absolute Gasteiger partial charge is 0.337 e. The first kappa shape index (κ1) is 12.2. The third-order valence-corrected chi connectivity index (χ3v) is 2.87. The number of para-hydroxylation sites is 1. The second-order valence-electron chi connectivity index (χ2n) is 4.10. The summed E-state index contributed by atoms with van der Waals surface area (Å²) in [6.45, 7) is 2.43. The molecule has 2 rings (SSSR count). The van der Waals surface area contributed by atoms with Gasteiger partial charge < -0.3 is 10.4 Å². The van der Waals surface area contributed by atoms with E-state index in [1.165, 1.54) is 0 Å². The van der Waals surface area contributed by atoms with E-state index in [9.17, 15) is 4.79 Å². The lowest BCUT2D eigenvalue weighted by molar-refractivity contribution is 0.0698.